The maximum Gasteiger partial charge on any atom is 0.249 e. The molecule has 0 spiro atoms. The first-order valence-electron chi connectivity index (χ1n) is 13.8. The Morgan fingerprint density at radius 2 is 1.71 bits per heavy atom. The van der Waals surface area contributed by atoms with Gasteiger partial charge in [0.25, 0.3) is 0 Å². The summed E-state index contributed by atoms with van der Waals surface area (Å²) in [5.41, 5.74) is 4.36. The number of piperidine rings is 1. The molecule has 3 heterocycles. The van der Waals surface area contributed by atoms with Crippen molar-refractivity contribution < 1.29 is 14.4 Å². The van der Waals surface area contributed by atoms with E-state index in [0.29, 0.717) is 31.2 Å². The molecule has 0 radical (unpaired) electrons. The minimum atomic E-state index is -0.475. The number of aromatic nitrogens is 2. The first-order chi connectivity index (χ1) is 16.6. The van der Waals surface area contributed by atoms with Gasteiger partial charge in [-0.15, -0.1) is 0 Å². The lowest BCUT2D eigenvalue weighted by molar-refractivity contribution is -0.144. The highest BCUT2D eigenvalue weighted by atomic mass is 16.2. The number of imide groups is 1. The third-order valence-corrected chi connectivity index (χ3v) is 9.43. The van der Waals surface area contributed by atoms with Crippen LogP contribution in [-0.4, -0.2) is 45.0 Å². The Labute approximate surface area is 202 Å². The molecule has 2 saturated heterocycles. The van der Waals surface area contributed by atoms with Crippen LogP contribution in [0.2, 0.25) is 0 Å². The molecule has 0 aromatic carbocycles. The molecule has 3 aliphatic carbocycles. The molecule has 1 N–H and O–H groups in total. The van der Waals surface area contributed by atoms with Gasteiger partial charge in [-0.2, -0.15) is 5.10 Å². The fourth-order valence-corrected chi connectivity index (χ4v) is 7.65. The average Bonchev–Trinajstić information content (AvgIpc) is 3.37. The first kappa shape index (κ1) is 22.3. The number of hydrogen-bond acceptors (Lipinski definition) is 4. The number of nitrogens with zero attached hydrogens (tertiary/aromatic N) is 3. The number of amides is 3. The maximum atomic E-state index is 13.2. The Morgan fingerprint density at radius 3 is 2.53 bits per heavy atom. The Kier molecular flexibility index (Phi) is 5.98. The number of carbonyl (C=O) groups excluding carboxylic acids is 3. The second-order valence-corrected chi connectivity index (χ2v) is 11.5. The van der Waals surface area contributed by atoms with Gasteiger partial charge in [0.2, 0.25) is 17.7 Å². The van der Waals surface area contributed by atoms with Gasteiger partial charge in [-0.1, -0.05) is 19.3 Å². The largest absolute Gasteiger partial charge is 0.330 e. The van der Waals surface area contributed by atoms with Crippen LogP contribution < -0.4 is 5.32 Å². The van der Waals surface area contributed by atoms with Crippen LogP contribution in [-0.2, 0) is 33.8 Å². The minimum Gasteiger partial charge on any atom is -0.330 e. The van der Waals surface area contributed by atoms with E-state index < -0.39 is 6.04 Å². The Morgan fingerprint density at radius 1 is 0.882 bits per heavy atom. The highest BCUT2D eigenvalue weighted by Crippen LogP contribution is 2.46. The van der Waals surface area contributed by atoms with E-state index in [4.69, 9.17) is 5.10 Å². The summed E-state index contributed by atoms with van der Waals surface area (Å²) < 4.78 is 2.39. The maximum absolute atomic E-state index is 13.2. The van der Waals surface area contributed by atoms with Crippen LogP contribution in [0.3, 0.4) is 0 Å². The van der Waals surface area contributed by atoms with E-state index in [9.17, 15) is 14.4 Å². The fraction of sp³-hybridized carbons (Fsp3) is 0.778. The second-order valence-electron chi connectivity index (χ2n) is 11.5. The van der Waals surface area contributed by atoms with E-state index in [-0.39, 0.29) is 23.6 Å². The van der Waals surface area contributed by atoms with Gasteiger partial charge in [0.05, 0.1) is 5.69 Å². The third-order valence-electron chi connectivity index (χ3n) is 9.43. The van der Waals surface area contributed by atoms with Crippen molar-refractivity contribution in [3.05, 3.63) is 17.0 Å². The quantitative estimate of drug-likeness (QED) is 0.689. The fourth-order valence-electron chi connectivity index (χ4n) is 7.65. The normalized spacial score (nSPS) is 32.5. The van der Waals surface area contributed by atoms with Gasteiger partial charge >= 0.3 is 0 Å². The minimum absolute atomic E-state index is 0.0295. The summed E-state index contributed by atoms with van der Waals surface area (Å²) >= 11 is 0. The predicted octanol–water partition coefficient (Wildman–Crippen LogP) is 3.49. The Balaban J connectivity index is 1.19. The van der Waals surface area contributed by atoms with E-state index in [1.807, 2.05) is 0 Å². The van der Waals surface area contributed by atoms with E-state index in [1.165, 1.54) is 61.9 Å². The number of carbonyl (C=O) groups is 3. The Bertz CT molecular complexity index is 979. The highest BCUT2D eigenvalue weighted by molar-refractivity contribution is 6.02. The summed E-state index contributed by atoms with van der Waals surface area (Å²) in [7, 11) is 0. The van der Waals surface area contributed by atoms with Gasteiger partial charge in [0, 0.05) is 37.0 Å². The molecule has 7 nitrogen and oxygen atoms in total. The molecular formula is C27H38N4O3. The van der Waals surface area contributed by atoms with Crippen molar-refractivity contribution in [3.8, 4) is 0 Å². The lowest BCUT2D eigenvalue weighted by Crippen LogP contribution is -2.53. The molecule has 5 aliphatic rings. The standard InChI is InChI=1S/C27H38N4O3/c32-24-13-12-23(26(33)28-24)30-16-19-14-18(10-11-20(19)27(30)34)25-21-8-4-5-9-22(21)31(29-25)15-17-6-2-1-3-7-17/h17-20,23H,1-16H2,(H,28,32,33). The monoisotopic (exact) mass is 466 g/mol. The molecule has 0 bridgehead atoms. The summed E-state index contributed by atoms with van der Waals surface area (Å²) in [5.74, 6) is 1.13. The van der Waals surface area contributed by atoms with Gasteiger partial charge in [0.1, 0.15) is 6.04 Å². The first-order valence-corrected chi connectivity index (χ1v) is 13.8. The van der Waals surface area contributed by atoms with Crippen molar-refractivity contribution in [3.63, 3.8) is 0 Å². The molecule has 2 saturated carbocycles. The number of fused-ring (bicyclic) bond motifs is 2. The van der Waals surface area contributed by atoms with Gasteiger partial charge in [-0.3, -0.25) is 24.4 Å². The van der Waals surface area contributed by atoms with Crippen molar-refractivity contribution in [2.45, 2.75) is 108 Å². The van der Waals surface area contributed by atoms with E-state index in [1.54, 1.807) is 4.90 Å². The van der Waals surface area contributed by atoms with Crippen LogP contribution in [0.15, 0.2) is 0 Å². The lowest BCUT2D eigenvalue weighted by atomic mass is 9.73. The van der Waals surface area contributed by atoms with Crippen LogP contribution in [0.5, 0.6) is 0 Å². The molecule has 7 heteroatoms. The topological polar surface area (TPSA) is 84.3 Å². The zero-order valence-corrected chi connectivity index (χ0v) is 20.3. The predicted molar refractivity (Wildman–Crippen MR) is 127 cm³/mol. The van der Waals surface area contributed by atoms with Crippen LogP contribution in [0.25, 0.3) is 0 Å². The molecule has 184 valence electrons. The smallest absolute Gasteiger partial charge is 0.249 e. The molecule has 4 atom stereocenters. The van der Waals surface area contributed by atoms with E-state index in [0.717, 1.165) is 44.6 Å². The van der Waals surface area contributed by atoms with Crippen LogP contribution in [0.4, 0.5) is 0 Å². The van der Waals surface area contributed by atoms with Crippen LogP contribution >= 0.6 is 0 Å². The summed E-state index contributed by atoms with van der Waals surface area (Å²) in [4.78, 5) is 39.0. The van der Waals surface area contributed by atoms with Crippen molar-refractivity contribution in [1.29, 1.82) is 0 Å². The zero-order valence-electron chi connectivity index (χ0n) is 20.3. The number of likely N-dealkylation sites (tertiary alicyclic amines) is 1. The van der Waals surface area contributed by atoms with Crippen LogP contribution in [0.1, 0.15) is 99.9 Å². The average molecular weight is 467 g/mol. The van der Waals surface area contributed by atoms with Gasteiger partial charge in [0.15, 0.2) is 0 Å². The van der Waals surface area contributed by atoms with Gasteiger partial charge in [-0.25, -0.2) is 0 Å². The zero-order chi connectivity index (χ0) is 23.2. The number of hydrogen-bond donors (Lipinski definition) is 1. The van der Waals surface area contributed by atoms with Crippen molar-refractivity contribution in [2.24, 2.45) is 17.8 Å². The molecule has 4 fully saturated rings. The summed E-state index contributed by atoms with van der Waals surface area (Å²) in [6.45, 7) is 1.74. The SMILES string of the molecule is O=C1CCC(N2CC3CC(c4nn(CC5CCCCC5)c5c4CCCC5)CCC3C2=O)C(=O)N1. The molecule has 6 rings (SSSR count). The highest BCUT2D eigenvalue weighted by Gasteiger charge is 2.49. The van der Waals surface area contributed by atoms with Crippen molar-refractivity contribution in [2.75, 3.05) is 6.54 Å². The van der Waals surface area contributed by atoms with Crippen molar-refractivity contribution in [1.82, 2.24) is 20.0 Å². The van der Waals surface area contributed by atoms with Crippen LogP contribution in [0, 0.1) is 17.8 Å². The second kappa shape index (κ2) is 9.12. The van der Waals surface area contributed by atoms with Gasteiger partial charge < -0.3 is 4.90 Å². The molecule has 4 unspecified atom stereocenters. The molecule has 1 aromatic rings. The molecule has 3 amide bonds. The lowest BCUT2D eigenvalue weighted by Gasteiger charge is -2.30. The summed E-state index contributed by atoms with van der Waals surface area (Å²) in [6, 6.07) is -0.475. The molecular weight excluding hydrogens is 428 g/mol. The summed E-state index contributed by atoms with van der Waals surface area (Å²) in [6.07, 6.45) is 15.3. The third kappa shape index (κ3) is 3.99. The van der Waals surface area contributed by atoms with Gasteiger partial charge in [-0.05, 0) is 81.6 Å². The molecule has 34 heavy (non-hydrogen) atoms. The van der Waals surface area contributed by atoms with Crippen molar-refractivity contribution >= 4 is 17.7 Å². The molecule has 1 aromatic heterocycles. The number of nitrogens with one attached hydrogen (secondary N) is 1. The molecule has 2 aliphatic heterocycles. The Hall–Kier alpha value is -2.18. The number of rotatable bonds is 4. The summed E-state index contributed by atoms with van der Waals surface area (Å²) in [5, 5.41) is 7.72. The van der Waals surface area contributed by atoms with E-state index >= 15 is 0 Å². The van der Waals surface area contributed by atoms with E-state index in [2.05, 4.69) is 10.00 Å².